The van der Waals surface area contributed by atoms with Crippen LogP contribution in [0.5, 0.6) is 0 Å². The Balaban J connectivity index is 1.98. The van der Waals surface area contributed by atoms with Gasteiger partial charge in [0.1, 0.15) is 12.6 Å². The molecule has 0 bridgehead atoms. The summed E-state index contributed by atoms with van der Waals surface area (Å²) in [7, 11) is -4.11. The summed E-state index contributed by atoms with van der Waals surface area (Å²) >= 11 is 9.45. The van der Waals surface area contributed by atoms with Crippen molar-refractivity contribution >= 4 is 55.1 Å². The van der Waals surface area contributed by atoms with Crippen LogP contribution in [0.4, 0.5) is 5.69 Å². The fourth-order valence-corrected chi connectivity index (χ4v) is 5.50. The van der Waals surface area contributed by atoms with E-state index in [1.54, 1.807) is 49.4 Å². The quantitative estimate of drug-likeness (QED) is 0.307. The molecule has 0 spiro atoms. The summed E-state index contributed by atoms with van der Waals surface area (Å²) in [6, 6.07) is 20.7. The monoisotopic (exact) mass is 619 g/mol. The minimum absolute atomic E-state index is 0.0462. The molecule has 7 nitrogen and oxygen atoms in total. The van der Waals surface area contributed by atoms with Gasteiger partial charge in [-0.1, -0.05) is 71.7 Å². The smallest absolute Gasteiger partial charge is 0.264 e. The summed E-state index contributed by atoms with van der Waals surface area (Å²) in [5, 5.41) is 3.31. The van der Waals surface area contributed by atoms with Gasteiger partial charge in [0.05, 0.1) is 10.6 Å². The fraction of sp³-hybridized carbons (Fsp3) is 0.286. The summed E-state index contributed by atoms with van der Waals surface area (Å²) in [6.45, 7) is 5.69. The largest absolute Gasteiger partial charge is 0.354 e. The van der Waals surface area contributed by atoms with Gasteiger partial charge in [-0.3, -0.25) is 13.9 Å². The molecule has 1 N–H and O–H groups in total. The first-order valence-electron chi connectivity index (χ1n) is 12.1. The van der Waals surface area contributed by atoms with Gasteiger partial charge in [0.15, 0.2) is 0 Å². The molecule has 202 valence electrons. The highest BCUT2D eigenvalue weighted by molar-refractivity contribution is 9.10. The number of nitrogens with one attached hydrogen (secondary N) is 1. The second-order valence-electron chi connectivity index (χ2n) is 9.26. The average molecular weight is 621 g/mol. The van der Waals surface area contributed by atoms with Gasteiger partial charge < -0.3 is 10.2 Å². The molecule has 10 heteroatoms. The van der Waals surface area contributed by atoms with Crippen molar-refractivity contribution in [2.45, 2.75) is 38.3 Å². The molecule has 0 saturated carbocycles. The van der Waals surface area contributed by atoms with E-state index in [9.17, 15) is 18.0 Å². The van der Waals surface area contributed by atoms with Crippen LogP contribution in [0.1, 0.15) is 26.3 Å². The first-order chi connectivity index (χ1) is 18.0. The predicted molar refractivity (Wildman–Crippen MR) is 154 cm³/mol. The molecule has 0 heterocycles. The molecule has 38 heavy (non-hydrogen) atoms. The number of sulfonamides is 1. The molecule has 3 rings (SSSR count). The maximum Gasteiger partial charge on any atom is 0.264 e. The molecular weight excluding hydrogens is 590 g/mol. The minimum atomic E-state index is -4.11. The topological polar surface area (TPSA) is 86.8 Å². The number of nitrogens with zero attached hydrogens (tertiary/aromatic N) is 2. The molecule has 0 aromatic heterocycles. The number of amides is 2. The third kappa shape index (κ3) is 7.82. The van der Waals surface area contributed by atoms with Gasteiger partial charge in [0.25, 0.3) is 10.0 Å². The van der Waals surface area contributed by atoms with Crippen LogP contribution in [-0.4, -0.2) is 44.3 Å². The molecule has 1 atom stereocenters. The lowest BCUT2D eigenvalue weighted by Gasteiger charge is -2.32. The zero-order valence-electron chi connectivity index (χ0n) is 21.5. The van der Waals surface area contributed by atoms with Crippen LogP contribution < -0.4 is 9.62 Å². The molecular formula is C28H31BrClN3O4S. The number of halogens is 2. The highest BCUT2D eigenvalue weighted by Crippen LogP contribution is 2.26. The highest BCUT2D eigenvalue weighted by atomic mass is 79.9. The van der Waals surface area contributed by atoms with Gasteiger partial charge >= 0.3 is 0 Å². The fourth-order valence-electron chi connectivity index (χ4n) is 3.68. The van der Waals surface area contributed by atoms with Gasteiger partial charge in [0, 0.05) is 22.6 Å². The van der Waals surface area contributed by atoms with E-state index in [2.05, 4.69) is 21.2 Å². The van der Waals surface area contributed by atoms with Crippen molar-refractivity contribution in [3.8, 4) is 0 Å². The summed E-state index contributed by atoms with van der Waals surface area (Å²) < 4.78 is 29.3. The molecule has 0 radical (unpaired) electrons. The second kappa shape index (κ2) is 13.3. The van der Waals surface area contributed by atoms with E-state index in [0.29, 0.717) is 11.6 Å². The van der Waals surface area contributed by atoms with Crippen molar-refractivity contribution in [2.24, 2.45) is 5.92 Å². The van der Waals surface area contributed by atoms with Crippen molar-refractivity contribution in [2.75, 3.05) is 17.4 Å². The van der Waals surface area contributed by atoms with E-state index in [4.69, 9.17) is 11.6 Å². The Morgan fingerprint density at radius 3 is 2.11 bits per heavy atom. The molecule has 2 amide bonds. The molecule has 3 aromatic rings. The van der Waals surface area contributed by atoms with Crippen molar-refractivity contribution in [3.63, 3.8) is 0 Å². The Morgan fingerprint density at radius 2 is 1.53 bits per heavy atom. The lowest BCUT2D eigenvalue weighted by molar-refractivity contribution is -0.139. The lowest BCUT2D eigenvalue weighted by atomic mass is 10.1. The second-order valence-corrected chi connectivity index (χ2v) is 12.5. The van der Waals surface area contributed by atoms with Crippen LogP contribution in [-0.2, 0) is 26.2 Å². The molecule has 0 fully saturated rings. The summed E-state index contributed by atoms with van der Waals surface area (Å²) in [5.74, 6) is -0.596. The number of carbonyl (C=O) groups excluding carboxylic acids is 2. The van der Waals surface area contributed by atoms with Crippen molar-refractivity contribution in [1.29, 1.82) is 0 Å². The zero-order valence-corrected chi connectivity index (χ0v) is 24.6. The Morgan fingerprint density at radius 1 is 0.921 bits per heavy atom. The SMILES string of the molecule is CC(C)CNC(=O)[C@@H](C)N(Cc1ccc(Br)cc1)C(=O)CN(c1ccc(Cl)cc1)S(=O)(=O)c1ccccc1. The Kier molecular flexibility index (Phi) is 10.4. The Bertz CT molecular complexity index is 1330. The lowest BCUT2D eigenvalue weighted by Crippen LogP contribution is -2.51. The number of rotatable bonds is 11. The standard InChI is InChI=1S/C28H31BrClN3O4S/c1-20(2)17-31-28(35)21(3)32(18-22-9-11-23(29)12-10-22)27(34)19-33(25-15-13-24(30)14-16-25)38(36,37)26-7-5-4-6-8-26/h4-16,20-21H,17-19H2,1-3H3,(H,31,35)/t21-/m1/s1. The maximum atomic E-state index is 13.8. The van der Waals surface area contributed by atoms with Crippen LogP contribution in [0.15, 0.2) is 88.2 Å². The van der Waals surface area contributed by atoms with Crippen LogP contribution in [0.25, 0.3) is 0 Å². The summed E-state index contributed by atoms with van der Waals surface area (Å²) in [6.07, 6.45) is 0. The minimum Gasteiger partial charge on any atom is -0.354 e. The molecule has 3 aromatic carbocycles. The zero-order chi connectivity index (χ0) is 27.9. The van der Waals surface area contributed by atoms with Crippen molar-refractivity contribution in [3.05, 3.63) is 93.9 Å². The molecule has 0 aliphatic rings. The van der Waals surface area contributed by atoms with E-state index in [-0.39, 0.29) is 29.0 Å². The summed E-state index contributed by atoms with van der Waals surface area (Å²) in [5.41, 5.74) is 1.08. The van der Waals surface area contributed by atoms with Gasteiger partial charge in [0.2, 0.25) is 11.8 Å². The Hall–Kier alpha value is -2.88. The van der Waals surface area contributed by atoms with E-state index in [1.807, 2.05) is 38.1 Å². The predicted octanol–water partition coefficient (Wildman–Crippen LogP) is 5.49. The molecule has 0 aliphatic heterocycles. The van der Waals surface area contributed by atoms with Crippen LogP contribution in [0, 0.1) is 5.92 Å². The molecule has 0 aliphatic carbocycles. The number of hydrogen-bond donors (Lipinski definition) is 1. The summed E-state index contributed by atoms with van der Waals surface area (Å²) in [4.78, 5) is 28.3. The van der Waals surface area contributed by atoms with E-state index >= 15 is 0 Å². The van der Waals surface area contributed by atoms with Crippen molar-refractivity contribution in [1.82, 2.24) is 10.2 Å². The number of anilines is 1. The van der Waals surface area contributed by atoms with Crippen LogP contribution >= 0.6 is 27.5 Å². The Labute approximate surface area is 238 Å². The van der Waals surface area contributed by atoms with E-state index in [1.165, 1.54) is 17.0 Å². The van der Waals surface area contributed by atoms with Crippen LogP contribution in [0.2, 0.25) is 5.02 Å². The molecule has 0 saturated heterocycles. The van der Waals surface area contributed by atoms with Crippen LogP contribution in [0.3, 0.4) is 0 Å². The first kappa shape index (κ1) is 29.7. The average Bonchev–Trinajstić information content (AvgIpc) is 2.90. The number of hydrogen-bond acceptors (Lipinski definition) is 4. The molecule has 0 unspecified atom stereocenters. The maximum absolute atomic E-state index is 13.8. The van der Waals surface area contributed by atoms with Gasteiger partial charge in [-0.15, -0.1) is 0 Å². The first-order valence-corrected chi connectivity index (χ1v) is 14.7. The third-order valence-corrected chi connectivity index (χ3v) is 8.41. The van der Waals surface area contributed by atoms with Gasteiger partial charge in [-0.25, -0.2) is 8.42 Å². The van der Waals surface area contributed by atoms with E-state index in [0.717, 1.165) is 14.3 Å². The number of benzene rings is 3. The number of carbonyl (C=O) groups is 2. The van der Waals surface area contributed by atoms with Gasteiger partial charge in [-0.2, -0.15) is 0 Å². The van der Waals surface area contributed by atoms with E-state index < -0.39 is 28.5 Å². The normalized spacial score (nSPS) is 12.2. The van der Waals surface area contributed by atoms with Gasteiger partial charge in [-0.05, 0) is 66.9 Å². The third-order valence-electron chi connectivity index (χ3n) is 5.84. The van der Waals surface area contributed by atoms with Crippen molar-refractivity contribution < 1.29 is 18.0 Å². The highest BCUT2D eigenvalue weighted by Gasteiger charge is 2.32.